The van der Waals surface area contributed by atoms with E-state index in [9.17, 15) is 39.6 Å². The molecule has 0 saturated carbocycles. The van der Waals surface area contributed by atoms with Gasteiger partial charge in [0.2, 0.25) is 18.6 Å². The summed E-state index contributed by atoms with van der Waals surface area (Å²) in [6, 6.07) is 4.04. The van der Waals surface area contributed by atoms with Gasteiger partial charge in [0, 0.05) is 87.4 Å². The van der Waals surface area contributed by atoms with Crippen LogP contribution in [0.3, 0.4) is 0 Å². The predicted molar refractivity (Wildman–Crippen MR) is 323 cm³/mol. The number of carboxylic acids is 1. The number of aryl methyl sites for hydroxylation is 1. The second-order valence-corrected chi connectivity index (χ2v) is 23.8. The van der Waals surface area contributed by atoms with E-state index in [1.165, 1.54) is 20.4 Å². The van der Waals surface area contributed by atoms with Gasteiger partial charge in [-0.05, 0) is 123 Å². The van der Waals surface area contributed by atoms with Gasteiger partial charge < -0.3 is 93.7 Å². The van der Waals surface area contributed by atoms with E-state index in [1.54, 1.807) is 45.7 Å². The molecule has 17 atom stereocenters. The Morgan fingerprint density at radius 2 is 1.63 bits per heavy atom. The third-order valence-corrected chi connectivity index (χ3v) is 16.2. The first-order valence-corrected chi connectivity index (χ1v) is 30.1. The van der Waals surface area contributed by atoms with Crippen molar-refractivity contribution in [3.05, 3.63) is 39.7 Å². The highest BCUT2D eigenvalue weighted by Gasteiger charge is 2.45. The lowest BCUT2D eigenvalue weighted by Crippen LogP contribution is -2.54. The number of hydrogen-bond donors (Lipinski definition) is 9. The van der Waals surface area contributed by atoms with Crippen LogP contribution in [0, 0.1) is 29.6 Å². The zero-order valence-electron chi connectivity index (χ0n) is 53.1. The highest BCUT2D eigenvalue weighted by Crippen LogP contribution is 2.37. The van der Waals surface area contributed by atoms with E-state index in [-0.39, 0.29) is 60.9 Å². The summed E-state index contributed by atoms with van der Waals surface area (Å²) in [5.41, 5.74) is -0.951. The highest BCUT2D eigenvalue weighted by molar-refractivity contribution is 7.99. The Balaban J connectivity index is 0.000000720. The van der Waals surface area contributed by atoms with Crippen molar-refractivity contribution in [2.75, 3.05) is 74.8 Å². The van der Waals surface area contributed by atoms with Gasteiger partial charge in [0.05, 0.1) is 66.7 Å². The SMILES string of the molecule is CC1CCc2cc(SCCOCCNC=O)cc3c(=O)c(C(=O)O)cn1c23.CC[C@@H](OC)[C@@](C)(O)C(O)C(C)/C(=N/OCOC)[C@H](C)C[C@@](C)(O)C[C@@H](C)[C@H](O[C@H]1CC(C)[C@@H](OC)C(C)O1)C(C)C=O.CNC.CO.C[C@@H]1CCC(O)[C@H](O)O1. The number of aromatic nitrogens is 1. The van der Waals surface area contributed by atoms with Crippen LogP contribution >= 0.6 is 11.8 Å². The van der Waals surface area contributed by atoms with Gasteiger partial charge in [-0.1, -0.05) is 46.7 Å². The Morgan fingerprint density at radius 1 is 0.976 bits per heavy atom. The number of carbonyl (C=O) groups is 3. The van der Waals surface area contributed by atoms with E-state index >= 15 is 0 Å². The standard InChI is InChI=1S/C32H61NO10.C19H22N2O5S.C6H12O3.C2H7N.CH4O/c1-13-25(39-11)32(9,37)30(35)23(6)27(33-41-18-38-10)20(3)15-31(8,36)16-21(4)28(22(5)17-34)43-26-14-19(2)29(40-12)24(7)42-26;1-12-2-3-13-8-14(27-7-6-26-5-4-20-11-22)9-15-17(13)21(12)10-16(18(15)23)19(24)25;1-4-2-3-5(7)6(8)9-4;1-3-2;1-2/h17,19-26,28-30,35-37H,13-16,18H2,1-12H3;8-12H,2-7H2,1H3,(H,20,22)(H,24,25);4-8H,2-3H2,1H3;3H,1-2H3;2H,1H3/b33-27+;;;;/t19?,20-,21-,22?,23?,24?,25-,26+,28+,29-,30?,31-,32-;;4-,5?,6-;;/m1.1../s1. The minimum Gasteiger partial charge on any atom is -0.477 e. The summed E-state index contributed by atoms with van der Waals surface area (Å²) >= 11 is 1.57. The number of rotatable bonds is 29. The zero-order chi connectivity index (χ0) is 64.1. The van der Waals surface area contributed by atoms with Gasteiger partial charge in [-0.2, -0.15) is 0 Å². The number of aldehydes is 1. The Labute approximate surface area is 502 Å². The number of aromatic carboxylic acids is 1. The van der Waals surface area contributed by atoms with Crippen LogP contribution < -0.4 is 16.1 Å². The molecular formula is C60H106N4O19S. The normalized spacial score (nSPS) is 25.2. The number of methoxy groups -OCH3 is 3. The molecule has 1 aromatic heterocycles. The third kappa shape index (κ3) is 24.5. The quantitative estimate of drug-likeness (QED) is 0.0124. The van der Waals surface area contributed by atoms with Crippen LogP contribution in [0.4, 0.5) is 0 Å². The van der Waals surface area contributed by atoms with Crippen LogP contribution in [0.2, 0.25) is 0 Å². The summed E-state index contributed by atoms with van der Waals surface area (Å²) in [6.07, 6.45) is 3.47. The van der Waals surface area contributed by atoms with Gasteiger partial charge in [0.25, 0.3) is 0 Å². The number of aliphatic hydroxyl groups excluding tert-OH is 4. The molecule has 2 fully saturated rings. The molecule has 0 spiro atoms. The molecule has 486 valence electrons. The fourth-order valence-corrected chi connectivity index (χ4v) is 12.1. The molecule has 1 amide bonds. The molecule has 3 aliphatic heterocycles. The maximum absolute atomic E-state index is 12.7. The number of nitrogens with one attached hydrogen (secondary N) is 2. The van der Waals surface area contributed by atoms with E-state index in [1.807, 2.05) is 67.1 Å². The minimum absolute atomic E-state index is 0.0304. The molecule has 84 heavy (non-hydrogen) atoms. The molecule has 0 radical (unpaired) electrons. The number of hydrogen-bond acceptors (Lipinski definition) is 21. The molecule has 2 saturated heterocycles. The monoisotopic (exact) mass is 1220 g/mol. The molecule has 0 aliphatic carbocycles. The van der Waals surface area contributed by atoms with Gasteiger partial charge in [-0.3, -0.25) is 9.59 Å². The van der Waals surface area contributed by atoms with Gasteiger partial charge in [0.1, 0.15) is 23.6 Å². The van der Waals surface area contributed by atoms with Gasteiger partial charge in [0.15, 0.2) is 12.6 Å². The number of carboxylic acid groups (broad SMARTS) is 1. The summed E-state index contributed by atoms with van der Waals surface area (Å²) in [4.78, 5) is 52.5. The minimum atomic E-state index is -1.56. The molecule has 4 heterocycles. The van der Waals surface area contributed by atoms with Crippen LogP contribution in [-0.2, 0) is 54.0 Å². The van der Waals surface area contributed by atoms with Crippen molar-refractivity contribution in [3.8, 4) is 0 Å². The van der Waals surface area contributed by atoms with E-state index in [4.69, 9.17) is 53.3 Å². The van der Waals surface area contributed by atoms with Gasteiger partial charge in [-0.25, -0.2) is 4.79 Å². The summed E-state index contributed by atoms with van der Waals surface area (Å²) in [6.45, 7) is 21.9. The van der Waals surface area contributed by atoms with Crippen LogP contribution in [-0.4, -0.2) is 206 Å². The second kappa shape index (κ2) is 40.0. The van der Waals surface area contributed by atoms with Crippen LogP contribution in [0.1, 0.15) is 143 Å². The van der Waals surface area contributed by atoms with E-state index in [0.29, 0.717) is 68.7 Å². The maximum atomic E-state index is 12.7. The summed E-state index contributed by atoms with van der Waals surface area (Å²) in [7, 11) is 9.40. The predicted octanol–water partition coefficient (Wildman–Crippen LogP) is 5.32. The molecule has 7 unspecified atom stereocenters. The molecule has 1 aromatic carbocycles. The first-order chi connectivity index (χ1) is 39.6. The number of benzene rings is 1. The number of oxime groups is 1. The smallest absolute Gasteiger partial charge is 0.341 e. The maximum Gasteiger partial charge on any atom is 0.341 e. The van der Waals surface area contributed by atoms with Gasteiger partial charge >= 0.3 is 5.97 Å². The van der Waals surface area contributed by atoms with Crippen molar-refractivity contribution < 1.29 is 88.1 Å². The first kappa shape index (κ1) is 78.3. The molecule has 24 heteroatoms. The number of amides is 1. The third-order valence-electron chi connectivity index (χ3n) is 15.3. The lowest BCUT2D eigenvalue weighted by atomic mass is 9.75. The van der Waals surface area contributed by atoms with Crippen molar-refractivity contribution in [2.24, 2.45) is 34.7 Å². The highest BCUT2D eigenvalue weighted by atomic mass is 32.2. The number of thioether (sulfide) groups is 1. The lowest BCUT2D eigenvalue weighted by Gasteiger charge is -2.42. The number of nitrogens with zero attached hydrogens (tertiary/aromatic N) is 2. The topological polar surface area (TPSA) is 325 Å². The van der Waals surface area contributed by atoms with Crippen LogP contribution in [0.15, 0.2) is 33.2 Å². The zero-order valence-corrected chi connectivity index (χ0v) is 53.9. The van der Waals surface area contributed by atoms with Crippen molar-refractivity contribution >= 4 is 47.0 Å². The average Bonchev–Trinajstić information content (AvgIpc) is 1.85. The average molecular weight is 1220 g/mol. The molecule has 2 aromatic rings. The number of pyridine rings is 1. The Bertz CT molecular complexity index is 2270. The Morgan fingerprint density at radius 3 is 2.17 bits per heavy atom. The van der Waals surface area contributed by atoms with Crippen molar-refractivity contribution in [3.63, 3.8) is 0 Å². The van der Waals surface area contributed by atoms with E-state index in [0.717, 1.165) is 48.6 Å². The molecule has 3 aliphatic rings. The van der Waals surface area contributed by atoms with Crippen LogP contribution in [0.25, 0.3) is 10.9 Å². The van der Waals surface area contributed by atoms with Gasteiger partial charge in [-0.15, -0.1) is 11.8 Å². The summed E-state index contributed by atoms with van der Waals surface area (Å²) in [5.74, 6) is -1.86. The van der Waals surface area contributed by atoms with E-state index < -0.39 is 71.4 Å². The van der Waals surface area contributed by atoms with E-state index in [2.05, 4.69) is 28.8 Å². The Hall–Kier alpha value is -3.70. The van der Waals surface area contributed by atoms with Crippen LogP contribution in [0.5, 0.6) is 0 Å². The fraction of sp³-hybridized carbons (Fsp3) is 0.783. The molecule has 0 bridgehead atoms. The molecular weight excluding hydrogens is 1110 g/mol. The molecule has 5 rings (SSSR count). The van der Waals surface area contributed by atoms with Crippen molar-refractivity contribution in [1.29, 1.82) is 0 Å². The Kier molecular flexibility index (Phi) is 37.3. The largest absolute Gasteiger partial charge is 0.477 e. The number of carbonyl (C=O) groups excluding carboxylic acids is 2. The summed E-state index contributed by atoms with van der Waals surface area (Å²) < 4.78 is 40.8. The number of aliphatic hydroxyl groups is 6. The van der Waals surface area contributed by atoms with Crippen molar-refractivity contribution in [2.45, 2.75) is 205 Å². The molecule has 9 N–H and O–H groups in total. The first-order valence-electron chi connectivity index (χ1n) is 29.2. The lowest BCUT2D eigenvalue weighted by molar-refractivity contribution is -0.262. The molecule has 23 nitrogen and oxygen atoms in total. The van der Waals surface area contributed by atoms with Crippen molar-refractivity contribution in [1.82, 2.24) is 15.2 Å². The second-order valence-electron chi connectivity index (χ2n) is 22.7. The summed E-state index contributed by atoms with van der Waals surface area (Å²) in [5, 5.41) is 78.3. The fourth-order valence-electron chi connectivity index (χ4n) is 11.2. The number of ether oxygens (including phenoxy) is 7.